The molecule has 2 saturated heterocycles. The standard InChI is InChI=1S/C9H17N2O2/c12-5-3-10-1-2-11-4-6-13-8-9(11)7-10/h9H,1-8H2/t9-/m0/s1. The van der Waals surface area contributed by atoms with E-state index in [0.717, 1.165) is 39.4 Å². The Kier molecular flexibility index (Phi) is 3.16. The van der Waals surface area contributed by atoms with Gasteiger partial charge in [-0.15, -0.1) is 0 Å². The first-order valence-corrected chi connectivity index (χ1v) is 5.02. The maximum absolute atomic E-state index is 10.5. The fourth-order valence-electron chi connectivity index (χ4n) is 2.14. The zero-order valence-corrected chi connectivity index (χ0v) is 7.95. The van der Waals surface area contributed by atoms with Gasteiger partial charge < -0.3 is 4.74 Å². The molecular weight excluding hydrogens is 168 g/mol. The second-order valence-corrected chi connectivity index (χ2v) is 3.77. The summed E-state index contributed by atoms with van der Waals surface area (Å²) < 4.78 is 5.42. The SMILES string of the molecule is [O]CCN1CCN2CCOC[C@@H]2C1. The predicted octanol–water partition coefficient (Wildman–Crippen LogP) is -0.567. The van der Waals surface area contributed by atoms with Crippen molar-refractivity contribution in [3.8, 4) is 0 Å². The normalized spacial score (nSPS) is 31.6. The largest absolute Gasteiger partial charge is 0.378 e. The summed E-state index contributed by atoms with van der Waals surface area (Å²) in [6, 6.07) is 0.536. The summed E-state index contributed by atoms with van der Waals surface area (Å²) in [6.45, 7) is 6.68. The molecule has 4 nitrogen and oxygen atoms in total. The highest BCUT2D eigenvalue weighted by atomic mass is 16.5. The van der Waals surface area contributed by atoms with Crippen molar-refractivity contribution in [1.82, 2.24) is 9.80 Å². The van der Waals surface area contributed by atoms with Gasteiger partial charge in [0.15, 0.2) is 0 Å². The monoisotopic (exact) mass is 185 g/mol. The number of hydrogen-bond acceptors (Lipinski definition) is 3. The summed E-state index contributed by atoms with van der Waals surface area (Å²) in [6.07, 6.45) is 0. The maximum atomic E-state index is 10.5. The fourth-order valence-corrected chi connectivity index (χ4v) is 2.14. The van der Waals surface area contributed by atoms with Crippen molar-refractivity contribution < 1.29 is 9.84 Å². The van der Waals surface area contributed by atoms with Crippen LogP contribution in [-0.4, -0.2) is 68.4 Å². The number of nitrogens with zero attached hydrogens (tertiary/aromatic N) is 2. The van der Waals surface area contributed by atoms with Crippen LogP contribution >= 0.6 is 0 Å². The molecule has 2 fully saturated rings. The third-order valence-corrected chi connectivity index (χ3v) is 2.93. The van der Waals surface area contributed by atoms with Gasteiger partial charge in [0, 0.05) is 38.8 Å². The molecule has 0 aliphatic carbocycles. The molecular formula is C9H17N2O2. The predicted molar refractivity (Wildman–Crippen MR) is 48.2 cm³/mol. The fraction of sp³-hybridized carbons (Fsp3) is 1.00. The van der Waals surface area contributed by atoms with Crippen LogP contribution in [0.5, 0.6) is 0 Å². The molecule has 0 unspecified atom stereocenters. The number of rotatable bonds is 2. The zero-order valence-electron chi connectivity index (χ0n) is 7.95. The van der Waals surface area contributed by atoms with E-state index >= 15 is 0 Å². The molecule has 4 heteroatoms. The lowest BCUT2D eigenvalue weighted by molar-refractivity contribution is -0.0480. The van der Waals surface area contributed by atoms with Crippen molar-refractivity contribution >= 4 is 0 Å². The van der Waals surface area contributed by atoms with E-state index < -0.39 is 0 Å². The van der Waals surface area contributed by atoms with Crippen LogP contribution in [0.3, 0.4) is 0 Å². The minimum Gasteiger partial charge on any atom is -0.378 e. The Labute approximate surface area is 79.1 Å². The van der Waals surface area contributed by atoms with Crippen molar-refractivity contribution in [3.05, 3.63) is 0 Å². The van der Waals surface area contributed by atoms with E-state index in [1.807, 2.05) is 0 Å². The van der Waals surface area contributed by atoms with Gasteiger partial charge in [0.2, 0.25) is 0 Å². The van der Waals surface area contributed by atoms with E-state index in [0.29, 0.717) is 12.6 Å². The zero-order chi connectivity index (χ0) is 9.10. The molecule has 0 aromatic rings. The molecule has 2 rings (SSSR count). The van der Waals surface area contributed by atoms with E-state index in [4.69, 9.17) is 4.74 Å². The summed E-state index contributed by atoms with van der Waals surface area (Å²) in [5, 5.41) is 10.5. The lowest BCUT2D eigenvalue weighted by Crippen LogP contribution is -2.58. The first-order chi connectivity index (χ1) is 6.40. The van der Waals surface area contributed by atoms with Crippen molar-refractivity contribution in [3.63, 3.8) is 0 Å². The number of fused-ring (bicyclic) bond motifs is 1. The second-order valence-electron chi connectivity index (χ2n) is 3.77. The quantitative estimate of drug-likeness (QED) is 0.578. The number of morpholine rings is 1. The van der Waals surface area contributed by atoms with Gasteiger partial charge in [-0.1, -0.05) is 0 Å². The number of ether oxygens (including phenoxy) is 1. The van der Waals surface area contributed by atoms with Crippen LogP contribution < -0.4 is 0 Å². The van der Waals surface area contributed by atoms with Crippen molar-refractivity contribution in [1.29, 1.82) is 0 Å². The topological polar surface area (TPSA) is 35.6 Å². The molecule has 2 heterocycles. The minimum atomic E-state index is 0.0214. The Balaban J connectivity index is 1.84. The molecule has 0 bridgehead atoms. The summed E-state index contributed by atoms with van der Waals surface area (Å²) in [5.74, 6) is 0. The van der Waals surface area contributed by atoms with Crippen LogP contribution in [-0.2, 0) is 9.84 Å². The highest BCUT2D eigenvalue weighted by Gasteiger charge is 2.28. The number of hydrogen-bond donors (Lipinski definition) is 0. The van der Waals surface area contributed by atoms with Crippen LogP contribution in [0.2, 0.25) is 0 Å². The van der Waals surface area contributed by atoms with Gasteiger partial charge in [0.1, 0.15) is 0 Å². The molecule has 13 heavy (non-hydrogen) atoms. The highest BCUT2D eigenvalue weighted by molar-refractivity contribution is 4.83. The lowest BCUT2D eigenvalue weighted by Gasteiger charge is -2.43. The van der Waals surface area contributed by atoms with Crippen LogP contribution in [0.1, 0.15) is 0 Å². The molecule has 2 aliphatic rings. The molecule has 0 amide bonds. The van der Waals surface area contributed by atoms with Gasteiger partial charge in [-0.05, 0) is 0 Å². The molecule has 1 atom stereocenters. The van der Waals surface area contributed by atoms with Crippen molar-refractivity contribution in [2.24, 2.45) is 0 Å². The Morgan fingerprint density at radius 1 is 1.31 bits per heavy atom. The molecule has 75 valence electrons. The molecule has 0 spiro atoms. The summed E-state index contributed by atoms with van der Waals surface area (Å²) in [7, 11) is 0. The first-order valence-electron chi connectivity index (χ1n) is 5.02. The van der Waals surface area contributed by atoms with Gasteiger partial charge in [0.25, 0.3) is 0 Å². The Bertz CT molecular complexity index is 166. The Morgan fingerprint density at radius 2 is 2.23 bits per heavy atom. The minimum absolute atomic E-state index is 0.0214. The molecule has 1 radical (unpaired) electrons. The smallest absolute Gasteiger partial charge is 0.0949 e. The Morgan fingerprint density at radius 3 is 3.08 bits per heavy atom. The average molecular weight is 185 g/mol. The first kappa shape index (κ1) is 9.40. The van der Waals surface area contributed by atoms with Gasteiger partial charge >= 0.3 is 0 Å². The molecule has 2 aliphatic heterocycles. The molecule has 0 saturated carbocycles. The van der Waals surface area contributed by atoms with Gasteiger partial charge in [-0.3, -0.25) is 9.80 Å². The highest BCUT2D eigenvalue weighted by Crippen LogP contribution is 2.12. The van der Waals surface area contributed by atoms with Gasteiger partial charge in [0.05, 0.1) is 19.8 Å². The molecule has 0 N–H and O–H groups in total. The summed E-state index contributed by atoms with van der Waals surface area (Å²) in [5.41, 5.74) is 0. The average Bonchev–Trinajstić information content (AvgIpc) is 2.18. The molecule has 0 aromatic heterocycles. The van der Waals surface area contributed by atoms with E-state index in [9.17, 15) is 5.11 Å². The second kappa shape index (κ2) is 4.37. The van der Waals surface area contributed by atoms with Crippen molar-refractivity contribution in [2.45, 2.75) is 6.04 Å². The van der Waals surface area contributed by atoms with Crippen LogP contribution in [0.15, 0.2) is 0 Å². The summed E-state index contributed by atoms with van der Waals surface area (Å²) in [4.78, 5) is 4.73. The van der Waals surface area contributed by atoms with Crippen LogP contribution in [0.4, 0.5) is 0 Å². The van der Waals surface area contributed by atoms with E-state index in [2.05, 4.69) is 9.80 Å². The van der Waals surface area contributed by atoms with Gasteiger partial charge in [-0.25, -0.2) is 5.11 Å². The lowest BCUT2D eigenvalue weighted by atomic mass is 10.1. The van der Waals surface area contributed by atoms with E-state index in [1.165, 1.54) is 0 Å². The molecule has 0 aromatic carbocycles. The third-order valence-electron chi connectivity index (χ3n) is 2.93. The van der Waals surface area contributed by atoms with Crippen LogP contribution in [0.25, 0.3) is 0 Å². The summed E-state index contributed by atoms with van der Waals surface area (Å²) >= 11 is 0. The third kappa shape index (κ3) is 2.20. The number of piperazine rings is 1. The van der Waals surface area contributed by atoms with E-state index in [1.54, 1.807) is 0 Å². The maximum Gasteiger partial charge on any atom is 0.0949 e. The Hall–Kier alpha value is -0.160. The van der Waals surface area contributed by atoms with Crippen molar-refractivity contribution in [2.75, 3.05) is 52.5 Å². The van der Waals surface area contributed by atoms with Crippen LogP contribution in [0, 0.1) is 0 Å². The van der Waals surface area contributed by atoms with E-state index in [-0.39, 0.29) is 6.61 Å². The van der Waals surface area contributed by atoms with Gasteiger partial charge in [-0.2, -0.15) is 0 Å².